The van der Waals surface area contributed by atoms with Gasteiger partial charge in [-0.2, -0.15) is 0 Å². The average molecular weight is 290 g/mol. The number of nitrogens with one attached hydrogen (secondary N) is 2. The molecule has 0 saturated heterocycles. The zero-order chi connectivity index (χ0) is 15.7. The van der Waals surface area contributed by atoms with Gasteiger partial charge in [0.05, 0.1) is 0 Å². The summed E-state index contributed by atoms with van der Waals surface area (Å²) in [6.07, 6.45) is 2.89. The van der Waals surface area contributed by atoms with E-state index in [0.717, 1.165) is 12.8 Å². The molecule has 1 aromatic rings. The van der Waals surface area contributed by atoms with Crippen LogP contribution in [-0.2, 0) is 16.0 Å². The molecule has 0 bridgehead atoms. The van der Waals surface area contributed by atoms with E-state index in [4.69, 9.17) is 0 Å². The maximum absolute atomic E-state index is 12.2. The minimum Gasteiger partial charge on any atom is -0.352 e. The number of rotatable bonds is 9. The Morgan fingerprint density at radius 3 is 2.43 bits per heavy atom. The second-order valence-electron chi connectivity index (χ2n) is 5.90. The van der Waals surface area contributed by atoms with E-state index < -0.39 is 6.04 Å². The second-order valence-corrected chi connectivity index (χ2v) is 5.90. The van der Waals surface area contributed by atoms with E-state index in [-0.39, 0.29) is 11.9 Å². The van der Waals surface area contributed by atoms with Crippen LogP contribution in [0.2, 0.25) is 0 Å². The van der Waals surface area contributed by atoms with Crippen LogP contribution in [0, 0.1) is 5.92 Å². The number of amides is 2. The molecule has 2 atom stereocenters. The fourth-order valence-electron chi connectivity index (χ4n) is 2.44. The Balaban J connectivity index is 2.51. The first-order valence-electron chi connectivity index (χ1n) is 7.57. The SMILES string of the molecule is CC(C)CC(C)NC(=O)[C@H](CCc1ccccc1)NC=O. The van der Waals surface area contributed by atoms with Crippen molar-refractivity contribution in [2.24, 2.45) is 5.92 Å². The topological polar surface area (TPSA) is 58.2 Å². The van der Waals surface area contributed by atoms with Crippen molar-refractivity contribution in [3.63, 3.8) is 0 Å². The summed E-state index contributed by atoms with van der Waals surface area (Å²) in [6.45, 7) is 6.24. The van der Waals surface area contributed by atoms with Gasteiger partial charge >= 0.3 is 0 Å². The Morgan fingerprint density at radius 2 is 1.86 bits per heavy atom. The minimum absolute atomic E-state index is 0.105. The lowest BCUT2D eigenvalue weighted by atomic mass is 10.0. The summed E-state index contributed by atoms with van der Waals surface area (Å²) < 4.78 is 0. The number of hydrogen-bond acceptors (Lipinski definition) is 2. The lowest BCUT2D eigenvalue weighted by molar-refractivity contribution is -0.126. The molecule has 0 aliphatic rings. The number of benzene rings is 1. The summed E-state index contributed by atoms with van der Waals surface area (Å²) in [7, 11) is 0. The largest absolute Gasteiger partial charge is 0.352 e. The van der Waals surface area contributed by atoms with Crippen LogP contribution in [0.5, 0.6) is 0 Å². The Labute approximate surface area is 127 Å². The molecule has 1 aromatic carbocycles. The van der Waals surface area contributed by atoms with Crippen molar-refractivity contribution in [2.75, 3.05) is 0 Å². The first-order chi connectivity index (χ1) is 10.0. The van der Waals surface area contributed by atoms with E-state index in [1.807, 2.05) is 37.3 Å². The van der Waals surface area contributed by atoms with Crippen LogP contribution >= 0.6 is 0 Å². The molecule has 0 aromatic heterocycles. The zero-order valence-electron chi connectivity index (χ0n) is 13.1. The number of aryl methyl sites for hydroxylation is 1. The lowest BCUT2D eigenvalue weighted by Gasteiger charge is -2.21. The van der Waals surface area contributed by atoms with E-state index >= 15 is 0 Å². The Morgan fingerprint density at radius 1 is 1.19 bits per heavy atom. The fraction of sp³-hybridized carbons (Fsp3) is 0.529. The third-order valence-corrected chi connectivity index (χ3v) is 3.36. The second kappa shape index (κ2) is 9.16. The molecule has 21 heavy (non-hydrogen) atoms. The van der Waals surface area contributed by atoms with Crippen LogP contribution in [0.3, 0.4) is 0 Å². The van der Waals surface area contributed by atoms with Crippen molar-refractivity contribution in [3.8, 4) is 0 Å². The van der Waals surface area contributed by atoms with Crippen LogP contribution in [0.1, 0.15) is 39.2 Å². The van der Waals surface area contributed by atoms with Crippen molar-refractivity contribution in [3.05, 3.63) is 35.9 Å². The van der Waals surface area contributed by atoms with Gasteiger partial charge < -0.3 is 10.6 Å². The highest BCUT2D eigenvalue weighted by Crippen LogP contribution is 2.07. The molecule has 1 unspecified atom stereocenters. The molecular formula is C17H26N2O2. The number of carbonyl (C=O) groups is 2. The molecule has 4 heteroatoms. The van der Waals surface area contributed by atoms with Gasteiger partial charge in [0.25, 0.3) is 0 Å². The molecule has 0 saturated carbocycles. The van der Waals surface area contributed by atoms with Crippen LogP contribution in [0.25, 0.3) is 0 Å². The smallest absolute Gasteiger partial charge is 0.242 e. The van der Waals surface area contributed by atoms with E-state index in [9.17, 15) is 9.59 Å². The van der Waals surface area contributed by atoms with Crippen molar-refractivity contribution in [1.82, 2.24) is 10.6 Å². The summed E-state index contributed by atoms with van der Waals surface area (Å²) in [5, 5.41) is 5.59. The lowest BCUT2D eigenvalue weighted by Crippen LogP contribution is -2.47. The average Bonchev–Trinajstić information content (AvgIpc) is 2.43. The van der Waals surface area contributed by atoms with Gasteiger partial charge in [0.2, 0.25) is 12.3 Å². The fourth-order valence-corrected chi connectivity index (χ4v) is 2.44. The summed E-state index contributed by atoms with van der Waals surface area (Å²) in [5.41, 5.74) is 1.17. The first-order valence-corrected chi connectivity index (χ1v) is 7.57. The predicted octanol–water partition coefficient (Wildman–Crippen LogP) is 2.28. The molecule has 0 heterocycles. The van der Waals surface area contributed by atoms with Gasteiger partial charge in [-0.05, 0) is 37.7 Å². The molecule has 1 rings (SSSR count). The van der Waals surface area contributed by atoms with Gasteiger partial charge in [-0.1, -0.05) is 44.2 Å². The summed E-state index contributed by atoms with van der Waals surface area (Å²) in [6, 6.07) is 9.60. The maximum Gasteiger partial charge on any atom is 0.242 e. The normalized spacial score (nSPS) is 13.5. The Hall–Kier alpha value is -1.84. The van der Waals surface area contributed by atoms with E-state index in [1.165, 1.54) is 5.56 Å². The third-order valence-electron chi connectivity index (χ3n) is 3.36. The standard InChI is InChI=1S/C17H26N2O2/c1-13(2)11-14(3)19-17(21)16(18-12-20)10-9-15-7-5-4-6-8-15/h4-8,12-14,16H,9-11H2,1-3H3,(H,18,20)(H,19,21)/t14?,16-/m0/s1. The van der Waals surface area contributed by atoms with Crippen molar-refractivity contribution >= 4 is 12.3 Å². The molecule has 2 amide bonds. The van der Waals surface area contributed by atoms with Crippen molar-refractivity contribution in [2.45, 2.75) is 52.1 Å². The third kappa shape index (κ3) is 6.93. The van der Waals surface area contributed by atoms with Gasteiger partial charge in [0.1, 0.15) is 6.04 Å². The van der Waals surface area contributed by atoms with E-state index in [0.29, 0.717) is 18.7 Å². The summed E-state index contributed by atoms with van der Waals surface area (Å²) in [4.78, 5) is 22.9. The van der Waals surface area contributed by atoms with Gasteiger partial charge in [-0.15, -0.1) is 0 Å². The zero-order valence-corrected chi connectivity index (χ0v) is 13.1. The highest BCUT2D eigenvalue weighted by atomic mass is 16.2. The molecule has 0 spiro atoms. The van der Waals surface area contributed by atoms with Crippen molar-refractivity contribution in [1.29, 1.82) is 0 Å². The molecule has 4 nitrogen and oxygen atoms in total. The van der Waals surface area contributed by atoms with Crippen LogP contribution in [-0.4, -0.2) is 24.4 Å². The van der Waals surface area contributed by atoms with Gasteiger partial charge in [0.15, 0.2) is 0 Å². The van der Waals surface area contributed by atoms with E-state index in [1.54, 1.807) is 0 Å². The molecule has 0 radical (unpaired) electrons. The van der Waals surface area contributed by atoms with Crippen LogP contribution in [0.4, 0.5) is 0 Å². The quantitative estimate of drug-likeness (QED) is 0.686. The summed E-state index contributed by atoms with van der Waals surface area (Å²) in [5.74, 6) is 0.424. The predicted molar refractivity (Wildman–Crippen MR) is 84.8 cm³/mol. The molecular weight excluding hydrogens is 264 g/mol. The minimum atomic E-state index is -0.475. The molecule has 0 aliphatic heterocycles. The Bertz CT molecular complexity index is 432. The van der Waals surface area contributed by atoms with Gasteiger partial charge in [-0.3, -0.25) is 9.59 Å². The monoisotopic (exact) mass is 290 g/mol. The molecule has 116 valence electrons. The number of carbonyl (C=O) groups excluding carboxylic acids is 2. The highest BCUT2D eigenvalue weighted by molar-refractivity contribution is 5.83. The molecule has 0 aliphatic carbocycles. The number of hydrogen-bond donors (Lipinski definition) is 2. The van der Waals surface area contributed by atoms with Gasteiger partial charge in [0, 0.05) is 6.04 Å². The Kier molecular flexibility index (Phi) is 7.51. The molecule has 2 N–H and O–H groups in total. The first kappa shape index (κ1) is 17.2. The van der Waals surface area contributed by atoms with Gasteiger partial charge in [-0.25, -0.2) is 0 Å². The van der Waals surface area contributed by atoms with Crippen LogP contribution < -0.4 is 10.6 Å². The van der Waals surface area contributed by atoms with E-state index in [2.05, 4.69) is 24.5 Å². The molecule has 0 fully saturated rings. The van der Waals surface area contributed by atoms with Crippen molar-refractivity contribution < 1.29 is 9.59 Å². The van der Waals surface area contributed by atoms with Crippen LogP contribution in [0.15, 0.2) is 30.3 Å². The maximum atomic E-state index is 12.2. The highest BCUT2D eigenvalue weighted by Gasteiger charge is 2.19. The summed E-state index contributed by atoms with van der Waals surface area (Å²) >= 11 is 0.